The number of alkyl halides is 1. The lowest BCUT2D eigenvalue weighted by Crippen LogP contribution is -2.05. The van der Waals surface area contributed by atoms with Gasteiger partial charge >= 0.3 is 0 Å². The molecule has 16 heavy (non-hydrogen) atoms. The Hall–Kier alpha value is -1.86. The summed E-state index contributed by atoms with van der Waals surface area (Å²) in [6.07, 6.45) is 5.14. The van der Waals surface area contributed by atoms with Crippen molar-refractivity contribution in [2.45, 2.75) is 12.4 Å². The highest BCUT2D eigenvalue weighted by Gasteiger charge is 2.06. The number of imidazole rings is 1. The zero-order valence-electron chi connectivity index (χ0n) is 8.47. The van der Waals surface area contributed by atoms with E-state index in [-0.39, 0.29) is 0 Å². The van der Waals surface area contributed by atoms with E-state index < -0.39 is 0 Å². The van der Waals surface area contributed by atoms with Crippen molar-refractivity contribution in [2.24, 2.45) is 0 Å². The van der Waals surface area contributed by atoms with Crippen LogP contribution in [0.5, 0.6) is 0 Å². The van der Waals surface area contributed by atoms with E-state index in [1.165, 1.54) is 0 Å². The van der Waals surface area contributed by atoms with Crippen molar-refractivity contribution >= 4 is 11.6 Å². The number of nitriles is 1. The number of nitrogens with zero attached hydrogens (tertiary/aromatic N) is 4. The number of hydrogen-bond acceptors (Lipinski definition) is 3. The lowest BCUT2D eigenvalue weighted by atomic mass is 10.2. The number of rotatable bonds is 3. The molecule has 5 heteroatoms. The van der Waals surface area contributed by atoms with Gasteiger partial charge in [0.15, 0.2) is 0 Å². The molecule has 0 saturated carbocycles. The van der Waals surface area contributed by atoms with Gasteiger partial charge in [-0.05, 0) is 6.07 Å². The molecule has 0 spiro atoms. The summed E-state index contributed by atoms with van der Waals surface area (Å²) in [6.45, 7) is 0.568. The SMILES string of the molecule is N#Cc1ncccc1Cn1ccnc1CCl. The fourth-order valence-electron chi connectivity index (χ4n) is 1.47. The fraction of sp³-hybridized carbons (Fsp3) is 0.182. The van der Waals surface area contributed by atoms with E-state index in [2.05, 4.69) is 16.0 Å². The molecule has 2 aromatic heterocycles. The topological polar surface area (TPSA) is 54.5 Å². The molecule has 2 heterocycles. The smallest absolute Gasteiger partial charge is 0.145 e. The summed E-state index contributed by atoms with van der Waals surface area (Å²) >= 11 is 5.75. The lowest BCUT2D eigenvalue weighted by Gasteiger charge is -2.06. The first-order chi connectivity index (χ1) is 7.85. The molecule has 0 atom stereocenters. The molecule has 0 unspecified atom stereocenters. The summed E-state index contributed by atoms with van der Waals surface area (Å²) in [7, 11) is 0. The second-order valence-corrected chi connectivity index (χ2v) is 3.50. The summed E-state index contributed by atoms with van der Waals surface area (Å²) in [4.78, 5) is 8.12. The molecule has 2 rings (SSSR count). The quantitative estimate of drug-likeness (QED) is 0.760. The van der Waals surface area contributed by atoms with Crippen LogP contribution >= 0.6 is 11.6 Å². The average Bonchev–Trinajstić information content (AvgIpc) is 2.77. The van der Waals surface area contributed by atoms with E-state index in [1.54, 1.807) is 12.4 Å². The highest BCUT2D eigenvalue weighted by Crippen LogP contribution is 2.09. The molecule has 80 valence electrons. The van der Waals surface area contributed by atoms with E-state index >= 15 is 0 Å². The van der Waals surface area contributed by atoms with Crippen molar-refractivity contribution < 1.29 is 0 Å². The molecular weight excluding hydrogens is 224 g/mol. The van der Waals surface area contributed by atoms with Crippen LogP contribution in [0.3, 0.4) is 0 Å². The maximum Gasteiger partial charge on any atom is 0.145 e. The second kappa shape index (κ2) is 4.77. The van der Waals surface area contributed by atoms with Gasteiger partial charge in [0.1, 0.15) is 17.6 Å². The molecule has 0 radical (unpaired) electrons. The molecule has 0 aliphatic carbocycles. The Morgan fingerprint density at radius 1 is 1.38 bits per heavy atom. The van der Waals surface area contributed by atoms with Crippen molar-refractivity contribution in [2.75, 3.05) is 0 Å². The summed E-state index contributed by atoms with van der Waals surface area (Å²) in [6, 6.07) is 5.76. The van der Waals surface area contributed by atoms with Crippen LogP contribution in [-0.4, -0.2) is 14.5 Å². The second-order valence-electron chi connectivity index (χ2n) is 3.23. The van der Waals surface area contributed by atoms with Crippen LogP contribution in [0.25, 0.3) is 0 Å². The fourth-order valence-corrected chi connectivity index (χ4v) is 1.69. The standard InChI is InChI=1S/C11H9ClN4/c12-6-11-15-4-5-16(11)8-9-2-1-3-14-10(9)7-13/h1-5H,6,8H2. The normalized spacial score (nSPS) is 10.0. The van der Waals surface area contributed by atoms with Gasteiger partial charge in [0.2, 0.25) is 0 Å². The van der Waals surface area contributed by atoms with Gasteiger partial charge < -0.3 is 4.57 Å². The van der Waals surface area contributed by atoms with E-state index in [0.717, 1.165) is 11.4 Å². The van der Waals surface area contributed by atoms with Crippen LogP contribution in [0.2, 0.25) is 0 Å². The predicted molar refractivity (Wildman–Crippen MR) is 59.8 cm³/mol. The van der Waals surface area contributed by atoms with Gasteiger partial charge in [0, 0.05) is 24.2 Å². The van der Waals surface area contributed by atoms with E-state index in [0.29, 0.717) is 18.1 Å². The summed E-state index contributed by atoms with van der Waals surface area (Å²) in [5.41, 5.74) is 1.31. The molecule has 0 N–H and O–H groups in total. The van der Waals surface area contributed by atoms with Crippen molar-refractivity contribution in [3.05, 3.63) is 47.8 Å². The van der Waals surface area contributed by atoms with Gasteiger partial charge in [0.05, 0.1) is 12.4 Å². The zero-order valence-corrected chi connectivity index (χ0v) is 9.22. The summed E-state index contributed by atoms with van der Waals surface area (Å²) < 4.78 is 1.91. The number of hydrogen-bond donors (Lipinski definition) is 0. The van der Waals surface area contributed by atoms with Gasteiger partial charge in [0.25, 0.3) is 0 Å². The van der Waals surface area contributed by atoms with Gasteiger partial charge in [-0.25, -0.2) is 9.97 Å². The van der Waals surface area contributed by atoms with Gasteiger partial charge in [-0.3, -0.25) is 0 Å². The first-order valence-corrected chi connectivity index (χ1v) is 5.28. The molecule has 0 amide bonds. The van der Waals surface area contributed by atoms with Gasteiger partial charge in [-0.1, -0.05) is 6.07 Å². The number of aromatic nitrogens is 3. The predicted octanol–water partition coefficient (Wildman–Crippen LogP) is 1.94. The molecule has 0 aliphatic rings. The Labute approximate surface area is 98.1 Å². The number of pyridine rings is 1. The summed E-state index contributed by atoms with van der Waals surface area (Å²) in [5.74, 6) is 1.14. The number of halogens is 1. The minimum atomic E-state index is 0.356. The largest absolute Gasteiger partial charge is 0.329 e. The minimum Gasteiger partial charge on any atom is -0.329 e. The van der Waals surface area contributed by atoms with E-state index in [1.807, 2.05) is 22.9 Å². The Balaban J connectivity index is 2.31. The average molecular weight is 233 g/mol. The highest BCUT2D eigenvalue weighted by molar-refractivity contribution is 6.16. The highest BCUT2D eigenvalue weighted by atomic mass is 35.5. The van der Waals surface area contributed by atoms with E-state index in [4.69, 9.17) is 16.9 Å². The molecule has 4 nitrogen and oxygen atoms in total. The van der Waals surface area contributed by atoms with Crippen LogP contribution in [0.15, 0.2) is 30.7 Å². The molecule has 2 aromatic rings. The Morgan fingerprint density at radius 2 is 2.25 bits per heavy atom. The van der Waals surface area contributed by atoms with Crippen LogP contribution in [0.1, 0.15) is 17.1 Å². The first kappa shape index (κ1) is 10.7. The Kier molecular flexibility index (Phi) is 3.18. The van der Waals surface area contributed by atoms with Crippen LogP contribution in [0.4, 0.5) is 0 Å². The molecular formula is C11H9ClN4. The third-order valence-corrected chi connectivity index (χ3v) is 2.50. The monoisotopic (exact) mass is 232 g/mol. The maximum atomic E-state index is 8.91. The van der Waals surface area contributed by atoms with Gasteiger partial charge in [-0.2, -0.15) is 5.26 Å². The maximum absolute atomic E-state index is 8.91. The molecule has 0 bridgehead atoms. The van der Waals surface area contributed by atoms with Crippen LogP contribution in [-0.2, 0) is 12.4 Å². The molecule has 0 saturated heterocycles. The summed E-state index contributed by atoms with van der Waals surface area (Å²) in [5, 5.41) is 8.91. The van der Waals surface area contributed by atoms with Crippen molar-refractivity contribution in [1.82, 2.24) is 14.5 Å². The van der Waals surface area contributed by atoms with Crippen molar-refractivity contribution in [3.63, 3.8) is 0 Å². The van der Waals surface area contributed by atoms with E-state index in [9.17, 15) is 0 Å². The van der Waals surface area contributed by atoms with Crippen molar-refractivity contribution in [1.29, 1.82) is 5.26 Å². The van der Waals surface area contributed by atoms with Crippen LogP contribution < -0.4 is 0 Å². The Bertz CT molecular complexity index is 527. The molecule has 0 aromatic carbocycles. The minimum absolute atomic E-state index is 0.356. The first-order valence-electron chi connectivity index (χ1n) is 4.75. The lowest BCUT2D eigenvalue weighted by molar-refractivity contribution is 0.750. The Morgan fingerprint density at radius 3 is 3.00 bits per heavy atom. The molecule has 0 fully saturated rings. The zero-order chi connectivity index (χ0) is 11.4. The third-order valence-electron chi connectivity index (χ3n) is 2.26. The molecule has 0 aliphatic heterocycles. The van der Waals surface area contributed by atoms with Crippen molar-refractivity contribution in [3.8, 4) is 6.07 Å². The van der Waals surface area contributed by atoms with Gasteiger partial charge in [-0.15, -0.1) is 11.6 Å². The van der Waals surface area contributed by atoms with Crippen LogP contribution in [0, 0.1) is 11.3 Å². The third kappa shape index (κ3) is 2.05.